The number of benzene rings is 4. The average molecular weight is 721 g/mol. The van der Waals surface area contributed by atoms with Gasteiger partial charge in [0.2, 0.25) is 5.41 Å². The zero-order chi connectivity index (χ0) is 37.9. The first-order valence-electron chi connectivity index (χ1n) is 16.0. The molecule has 0 radical (unpaired) electrons. The maximum Gasteiger partial charge on any atom is 0.416 e. The molecular formula is C38H35F3N2O9. The molecule has 0 aliphatic heterocycles. The highest BCUT2D eigenvalue weighted by Gasteiger charge is 2.52. The van der Waals surface area contributed by atoms with Crippen LogP contribution < -0.4 is 10.6 Å². The van der Waals surface area contributed by atoms with Gasteiger partial charge in [0, 0.05) is 5.56 Å². The number of carbonyl (C=O) groups is 5. The Kier molecular flexibility index (Phi) is 12.7. The van der Waals surface area contributed by atoms with Crippen molar-refractivity contribution in [2.24, 2.45) is 0 Å². The number of alkyl halides is 3. The van der Waals surface area contributed by atoms with E-state index in [1.54, 1.807) is 50.2 Å². The maximum atomic E-state index is 13.5. The van der Waals surface area contributed by atoms with Crippen LogP contribution in [0.1, 0.15) is 40.9 Å². The fourth-order valence-electron chi connectivity index (χ4n) is 5.19. The zero-order valence-electron chi connectivity index (χ0n) is 28.4. The van der Waals surface area contributed by atoms with E-state index in [1.807, 2.05) is 0 Å². The van der Waals surface area contributed by atoms with E-state index < -0.39 is 60.1 Å². The molecule has 2 N–H and O–H groups in total. The smallest absolute Gasteiger partial charge is 0.416 e. The number of halogens is 3. The lowest BCUT2D eigenvalue weighted by Crippen LogP contribution is -2.50. The van der Waals surface area contributed by atoms with Crippen LogP contribution in [0.5, 0.6) is 0 Å². The summed E-state index contributed by atoms with van der Waals surface area (Å²) in [5.41, 5.74) is -1.46. The Labute approximate surface area is 297 Å². The monoisotopic (exact) mass is 720 g/mol. The van der Waals surface area contributed by atoms with E-state index in [-0.39, 0.29) is 35.7 Å². The molecule has 0 heterocycles. The Morgan fingerprint density at radius 3 is 1.88 bits per heavy atom. The van der Waals surface area contributed by atoms with Gasteiger partial charge >= 0.3 is 30.2 Å². The van der Waals surface area contributed by atoms with E-state index in [1.165, 1.54) is 48.5 Å². The van der Waals surface area contributed by atoms with Crippen LogP contribution in [0.3, 0.4) is 0 Å². The second-order valence-corrected chi connectivity index (χ2v) is 11.1. The van der Waals surface area contributed by atoms with Crippen molar-refractivity contribution in [1.82, 2.24) is 0 Å². The van der Waals surface area contributed by atoms with Gasteiger partial charge in [-0.2, -0.15) is 13.2 Å². The number of hydrogen-bond donors (Lipinski definition) is 2. The van der Waals surface area contributed by atoms with Crippen LogP contribution in [0.25, 0.3) is 11.1 Å². The molecule has 14 heteroatoms. The molecule has 0 spiro atoms. The average Bonchev–Trinajstić information content (AvgIpc) is 3.13. The summed E-state index contributed by atoms with van der Waals surface area (Å²) in [6, 6.07) is 22.8. The number of esters is 3. The molecule has 52 heavy (non-hydrogen) atoms. The van der Waals surface area contributed by atoms with Crippen molar-refractivity contribution in [2.75, 3.05) is 37.6 Å². The van der Waals surface area contributed by atoms with Crippen molar-refractivity contribution in [1.29, 1.82) is 0 Å². The molecule has 0 fully saturated rings. The Bertz CT molecular complexity index is 1900. The van der Waals surface area contributed by atoms with Gasteiger partial charge in [-0.1, -0.05) is 66.7 Å². The number of anilines is 2. The molecule has 0 unspecified atom stereocenters. The highest BCUT2D eigenvalue weighted by molar-refractivity contribution is 6.10. The first kappa shape index (κ1) is 38.6. The van der Waals surface area contributed by atoms with E-state index in [2.05, 4.69) is 10.6 Å². The summed E-state index contributed by atoms with van der Waals surface area (Å²) in [4.78, 5) is 65.5. The summed E-state index contributed by atoms with van der Waals surface area (Å²) >= 11 is 0. The van der Waals surface area contributed by atoms with Gasteiger partial charge < -0.3 is 24.3 Å². The van der Waals surface area contributed by atoms with Gasteiger partial charge in [0.1, 0.15) is 6.61 Å². The lowest BCUT2D eigenvalue weighted by atomic mass is 9.81. The van der Waals surface area contributed by atoms with Gasteiger partial charge in [0.05, 0.1) is 43.7 Å². The summed E-state index contributed by atoms with van der Waals surface area (Å²) in [6.07, 6.45) is -5.81. The molecule has 0 saturated carbocycles. The van der Waals surface area contributed by atoms with Gasteiger partial charge in [0.15, 0.2) is 0 Å². The number of carbonyl (C=O) groups excluding carboxylic acids is 5. The third-order valence-corrected chi connectivity index (χ3v) is 7.76. The van der Waals surface area contributed by atoms with Crippen LogP contribution in [-0.4, -0.2) is 56.8 Å². The molecule has 0 saturated heterocycles. The van der Waals surface area contributed by atoms with Crippen molar-refractivity contribution >= 4 is 41.3 Å². The molecule has 0 aromatic heterocycles. The minimum Gasteiger partial charge on any atom is -0.465 e. The Balaban J connectivity index is 1.58. The quantitative estimate of drug-likeness (QED) is 0.0851. The highest BCUT2D eigenvalue weighted by Crippen LogP contribution is 2.33. The van der Waals surface area contributed by atoms with Crippen LogP contribution in [0.2, 0.25) is 0 Å². The summed E-state index contributed by atoms with van der Waals surface area (Å²) in [5.74, 6) is -3.42. The van der Waals surface area contributed by atoms with E-state index >= 15 is 0 Å². The van der Waals surface area contributed by atoms with E-state index in [0.717, 1.165) is 19.2 Å². The summed E-state index contributed by atoms with van der Waals surface area (Å²) in [7, 11) is 1.13. The van der Waals surface area contributed by atoms with Crippen LogP contribution >= 0.6 is 0 Å². The molecule has 4 rings (SSSR count). The molecule has 11 nitrogen and oxygen atoms in total. The van der Waals surface area contributed by atoms with E-state index in [4.69, 9.17) is 18.9 Å². The normalized spacial score (nSPS) is 11.2. The van der Waals surface area contributed by atoms with Gasteiger partial charge in [-0.25, -0.2) is 4.79 Å². The second-order valence-electron chi connectivity index (χ2n) is 11.1. The van der Waals surface area contributed by atoms with Gasteiger partial charge in [-0.3, -0.25) is 24.5 Å². The van der Waals surface area contributed by atoms with Gasteiger partial charge in [-0.15, -0.1) is 0 Å². The fourth-order valence-corrected chi connectivity index (χ4v) is 5.19. The highest BCUT2D eigenvalue weighted by atomic mass is 19.4. The van der Waals surface area contributed by atoms with E-state index in [0.29, 0.717) is 16.7 Å². The number of rotatable bonds is 13. The standard InChI is InChI=1S/C38H35F3N2O9/c1-4-50-34(46)37(35(47)51-5-2,26-11-7-6-8-12-26)23-52-32(44)22-24-15-20-30(31(21-24)43-36(48)49-3)42-33(45)29-14-10-9-13-28(29)25-16-18-27(19-17-25)38(39,40)41/h6-21H,4-5,22-23H2,1-3H3,(H,42,45)(H,43,48). The van der Waals surface area contributed by atoms with Crippen molar-refractivity contribution in [3.05, 3.63) is 119 Å². The van der Waals surface area contributed by atoms with Gasteiger partial charge in [-0.05, 0) is 66.4 Å². The first-order valence-corrected chi connectivity index (χ1v) is 16.0. The van der Waals surface area contributed by atoms with Crippen LogP contribution in [0.15, 0.2) is 97.1 Å². The summed E-state index contributed by atoms with van der Waals surface area (Å²) in [6.45, 7) is 2.29. The maximum absolute atomic E-state index is 13.5. The third-order valence-electron chi connectivity index (χ3n) is 7.76. The minimum absolute atomic E-state index is 0.0363. The van der Waals surface area contributed by atoms with Crippen LogP contribution in [0, 0.1) is 0 Å². The van der Waals surface area contributed by atoms with Crippen molar-refractivity contribution < 1.29 is 56.1 Å². The summed E-state index contributed by atoms with van der Waals surface area (Å²) in [5, 5.41) is 5.16. The number of amides is 2. The largest absolute Gasteiger partial charge is 0.465 e. The van der Waals surface area contributed by atoms with E-state index in [9.17, 15) is 37.1 Å². The number of nitrogens with one attached hydrogen (secondary N) is 2. The number of ether oxygens (including phenoxy) is 4. The third kappa shape index (κ3) is 9.13. The minimum atomic E-state index is -4.53. The van der Waals surface area contributed by atoms with Crippen LogP contribution in [-0.2, 0) is 51.3 Å². The predicted molar refractivity (Wildman–Crippen MR) is 183 cm³/mol. The Hall–Kier alpha value is -6.18. The molecular weight excluding hydrogens is 685 g/mol. The van der Waals surface area contributed by atoms with Crippen molar-refractivity contribution in [3.8, 4) is 11.1 Å². The number of hydrogen-bond acceptors (Lipinski definition) is 9. The molecule has 4 aromatic carbocycles. The molecule has 2 amide bonds. The second kappa shape index (κ2) is 17.2. The fraction of sp³-hybridized carbons (Fsp3) is 0.237. The SMILES string of the molecule is CCOC(=O)C(COC(=O)Cc1ccc(NC(=O)c2ccccc2-c2ccc(C(F)(F)F)cc2)c(NC(=O)OC)c1)(C(=O)OCC)c1ccccc1. The Morgan fingerprint density at radius 2 is 1.29 bits per heavy atom. The predicted octanol–water partition coefficient (Wildman–Crippen LogP) is 6.95. The zero-order valence-corrected chi connectivity index (χ0v) is 28.4. The van der Waals surface area contributed by atoms with Crippen molar-refractivity contribution in [2.45, 2.75) is 31.9 Å². The molecule has 0 aliphatic carbocycles. The number of methoxy groups -OCH3 is 1. The molecule has 0 atom stereocenters. The first-order chi connectivity index (χ1) is 24.8. The topological polar surface area (TPSA) is 146 Å². The van der Waals surface area contributed by atoms with Gasteiger partial charge in [0.25, 0.3) is 5.91 Å². The Morgan fingerprint density at radius 1 is 0.673 bits per heavy atom. The lowest BCUT2D eigenvalue weighted by Gasteiger charge is -2.29. The van der Waals surface area contributed by atoms with Crippen molar-refractivity contribution in [3.63, 3.8) is 0 Å². The molecule has 4 aromatic rings. The summed E-state index contributed by atoms with van der Waals surface area (Å²) < 4.78 is 60.0. The lowest BCUT2D eigenvalue weighted by molar-refractivity contribution is -0.170. The molecule has 0 aliphatic rings. The van der Waals surface area contributed by atoms with Crippen LogP contribution in [0.4, 0.5) is 29.3 Å². The molecule has 0 bridgehead atoms. The molecule has 272 valence electrons.